The molecule has 0 aromatic heterocycles. The van der Waals surface area contributed by atoms with E-state index in [4.69, 9.17) is 0 Å². The summed E-state index contributed by atoms with van der Waals surface area (Å²) < 4.78 is 1.09. The molecule has 2 aromatic rings. The molecule has 0 saturated heterocycles. The van der Waals surface area contributed by atoms with Crippen LogP contribution in [0.1, 0.15) is 36.8 Å². The average molecular weight is 390 g/mol. The number of aliphatic hydroxyl groups excluding tert-OH is 1. The Morgan fingerprint density at radius 2 is 1.58 bits per heavy atom. The molecule has 4 heteroatoms. The average Bonchev–Trinajstić information content (AvgIpc) is 2.57. The van der Waals surface area contributed by atoms with Crippen molar-refractivity contribution >= 4 is 15.9 Å². The monoisotopic (exact) mass is 389 g/mol. The number of aliphatic hydroxyl groups is 1. The molecule has 1 fully saturated rings. The van der Waals surface area contributed by atoms with Crippen molar-refractivity contribution in [3.63, 3.8) is 0 Å². The molecule has 1 saturated carbocycles. The molecular formula is C20H24BrNO2. The van der Waals surface area contributed by atoms with Crippen LogP contribution in [0.3, 0.4) is 0 Å². The van der Waals surface area contributed by atoms with Crippen molar-refractivity contribution in [1.82, 2.24) is 4.90 Å². The highest BCUT2D eigenvalue weighted by atomic mass is 79.9. The maximum Gasteiger partial charge on any atom is 0.115 e. The second-order valence-corrected chi connectivity index (χ2v) is 7.58. The Bertz CT molecular complexity index is 651. The molecular weight excluding hydrogens is 366 g/mol. The smallest absolute Gasteiger partial charge is 0.115 e. The molecule has 0 bridgehead atoms. The lowest BCUT2D eigenvalue weighted by Crippen LogP contribution is -2.38. The zero-order chi connectivity index (χ0) is 16.9. The first kappa shape index (κ1) is 17.5. The molecule has 1 aliphatic rings. The van der Waals surface area contributed by atoms with Crippen LogP contribution in [0.5, 0.6) is 5.75 Å². The van der Waals surface area contributed by atoms with Gasteiger partial charge < -0.3 is 10.2 Å². The lowest BCUT2D eigenvalue weighted by molar-refractivity contribution is 0.0665. The van der Waals surface area contributed by atoms with Gasteiger partial charge in [-0.05, 0) is 61.1 Å². The number of nitrogens with zero attached hydrogens (tertiary/aromatic N) is 1. The minimum atomic E-state index is -0.142. The highest BCUT2D eigenvalue weighted by Crippen LogP contribution is 2.27. The minimum absolute atomic E-state index is 0.142. The molecule has 0 heterocycles. The Hall–Kier alpha value is -1.36. The van der Waals surface area contributed by atoms with Crippen LogP contribution >= 0.6 is 15.9 Å². The number of hydrogen-bond acceptors (Lipinski definition) is 3. The van der Waals surface area contributed by atoms with Gasteiger partial charge in [0.1, 0.15) is 5.75 Å². The molecule has 0 atom stereocenters. The number of hydrogen-bond donors (Lipinski definition) is 2. The number of aromatic hydroxyl groups is 1. The van der Waals surface area contributed by atoms with Crippen LogP contribution in [0, 0.1) is 0 Å². The molecule has 0 unspecified atom stereocenters. The van der Waals surface area contributed by atoms with Crippen LogP contribution in [-0.2, 0) is 13.1 Å². The first-order valence-corrected chi connectivity index (χ1v) is 9.34. The predicted molar refractivity (Wildman–Crippen MR) is 99.8 cm³/mol. The van der Waals surface area contributed by atoms with Crippen LogP contribution in [0.2, 0.25) is 0 Å². The highest BCUT2D eigenvalue weighted by Gasteiger charge is 2.25. The van der Waals surface area contributed by atoms with Crippen LogP contribution in [0.25, 0.3) is 0 Å². The number of rotatable bonds is 5. The predicted octanol–water partition coefficient (Wildman–Crippen LogP) is 4.46. The van der Waals surface area contributed by atoms with Crippen molar-refractivity contribution in [3.8, 4) is 5.75 Å². The van der Waals surface area contributed by atoms with E-state index in [2.05, 4.69) is 51.2 Å². The molecule has 3 rings (SSSR count). The van der Waals surface area contributed by atoms with Crippen molar-refractivity contribution < 1.29 is 10.2 Å². The van der Waals surface area contributed by atoms with Gasteiger partial charge in [-0.25, -0.2) is 0 Å². The fourth-order valence-electron chi connectivity index (χ4n) is 3.45. The quantitative estimate of drug-likeness (QED) is 0.792. The van der Waals surface area contributed by atoms with Gasteiger partial charge in [-0.3, -0.25) is 4.90 Å². The van der Waals surface area contributed by atoms with Crippen LogP contribution < -0.4 is 0 Å². The van der Waals surface area contributed by atoms with E-state index in [0.717, 1.165) is 48.8 Å². The molecule has 0 spiro atoms. The van der Waals surface area contributed by atoms with Gasteiger partial charge in [0.05, 0.1) is 6.10 Å². The summed E-state index contributed by atoms with van der Waals surface area (Å²) in [5.41, 5.74) is 2.41. The number of phenolic OH excluding ortho intramolecular Hbond substituents is 1. The van der Waals surface area contributed by atoms with Crippen LogP contribution in [0.4, 0.5) is 0 Å². The van der Waals surface area contributed by atoms with Gasteiger partial charge in [-0.2, -0.15) is 0 Å². The number of phenols is 1. The maximum absolute atomic E-state index is 9.80. The Balaban J connectivity index is 1.76. The summed E-state index contributed by atoms with van der Waals surface area (Å²) >= 11 is 3.49. The molecule has 0 radical (unpaired) electrons. The van der Waals surface area contributed by atoms with Gasteiger partial charge >= 0.3 is 0 Å². The van der Waals surface area contributed by atoms with E-state index in [1.807, 2.05) is 12.1 Å². The van der Waals surface area contributed by atoms with Gasteiger partial charge in [-0.1, -0.05) is 40.2 Å². The molecule has 128 valence electrons. The van der Waals surface area contributed by atoms with E-state index in [0.29, 0.717) is 11.8 Å². The summed E-state index contributed by atoms with van der Waals surface area (Å²) in [6, 6.07) is 16.4. The van der Waals surface area contributed by atoms with E-state index in [-0.39, 0.29) is 6.10 Å². The fraction of sp³-hybridized carbons (Fsp3) is 0.400. The van der Waals surface area contributed by atoms with Gasteiger partial charge in [0.25, 0.3) is 0 Å². The largest absolute Gasteiger partial charge is 0.508 e. The van der Waals surface area contributed by atoms with Crippen molar-refractivity contribution in [1.29, 1.82) is 0 Å². The van der Waals surface area contributed by atoms with Crippen molar-refractivity contribution in [3.05, 3.63) is 64.1 Å². The summed E-state index contributed by atoms with van der Waals surface area (Å²) in [5, 5.41) is 19.5. The normalized spacial score (nSPS) is 21.1. The van der Waals surface area contributed by atoms with Crippen molar-refractivity contribution in [2.75, 3.05) is 0 Å². The van der Waals surface area contributed by atoms with Gasteiger partial charge in [0.15, 0.2) is 0 Å². The van der Waals surface area contributed by atoms with Gasteiger partial charge in [0.2, 0.25) is 0 Å². The first-order valence-electron chi connectivity index (χ1n) is 8.54. The van der Waals surface area contributed by atoms with E-state index in [1.165, 1.54) is 5.56 Å². The Labute approximate surface area is 152 Å². The minimum Gasteiger partial charge on any atom is -0.508 e. The van der Waals surface area contributed by atoms with Gasteiger partial charge in [-0.15, -0.1) is 0 Å². The molecule has 3 nitrogen and oxygen atoms in total. The Kier molecular flexibility index (Phi) is 5.93. The zero-order valence-electron chi connectivity index (χ0n) is 13.7. The third-order valence-electron chi connectivity index (χ3n) is 4.78. The topological polar surface area (TPSA) is 43.7 Å². The van der Waals surface area contributed by atoms with Crippen LogP contribution in [0.15, 0.2) is 53.0 Å². The van der Waals surface area contributed by atoms with E-state index in [9.17, 15) is 10.2 Å². The summed E-state index contributed by atoms with van der Waals surface area (Å²) in [5.74, 6) is 0.315. The maximum atomic E-state index is 9.80. The number of halogens is 1. The summed E-state index contributed by atoms with van der Waals surface area (Å²) in [6.45, 7) is 1.69. The Morgan fingerprint density at radius 3 is 2.25 bits per heavy atom. The van der Waals surface area contributed by atoms with Crippen molar-refractivity contribution in [2.24, 2.45) is 0 Å². The zero-order valence-corrected chi connectivity index (χ0v) is 15.3. The molecule has 0 amide bonds. The Morgan fingerprint density at radius 1 is 0.917 bits per heavy atom. The molecule has 0 aliphatic heterocycles. The highest BCUT2D eigenvalue weighted by molar-refractivity contribution is 9.10. The SMILES string of the molecule is Oc1cccc(CN(Cc2ccc(Br)cc2)C2CCC(O)CC2)c1. The molecule has 1 aliphatic carbocycles. The summed E-state index contributed by atoms with van der Waals surface area (Å²) in [4.78, 5) is 2.48. The van der Waals surface area contributed by atoms with E-state index in [1.54, 1.807) is 6.07 Å². The standard InChI is InChI=1S/C20H24BrNO2/c21-17-6-4-15(5-7-17)13-22(18-8-10-19(23)11-9-18)14-16-2-1-3-20(24)12-16/h1-7,12,18-19,23-24H,8-11,13-14H2. The van der Waals surface area contributed by atoms with Gasteiger partial charge in [0, 0.05) is 23.6 Å². The first-order chi connectivity index (χ1) is 11.6. The second-order valence-electron chi connectivity index (χ2n) is 6.66. The fourth-order valence-corrected chi connectivity index (χ4v) is 3.72. The van der Waals surface area contributed by atoms with E-state index >= 15 is 0 Å². The second kappa shape index (κ2) is 8.15. The van der Waals surface area contributed by atoms with E-state index < -0.39 is 0 Å². The number of benzene rings is 2. The van der Waals surface area contributed by atoms with Crippen molar-refractivity contribution in [2.45, 2.75) is 50.9 Å². The summed E-state index contributed by atoms with van der Waals surface area (Å²) in [6.07, 6.45) is 3.66. The molecule has 2 aromatic carbocycles. The molecule has 24 heavy (non-hydrogen) atoms. The third-order valence-corrected chi connectivity index (χ3v) is 5.31. The van der Waals surface area contributed by atoms with Crippen LogP contribution in [-0.4, -0.2) is 27.3 Å². The summed E-state index contributed by atoms with van der Waals surface area (Å²) in [7, 11) is 0. The lowest BCUT2D eigenvalue weighted by atomic mass is 9.91. The third kappa shape index (κ3) is 4.82. The molecule has 2 N–H and O–H groups in total. The lowest BCUT2D eigenvalue weighted by Gasteiger charge is -2.36.